The molecule has 1 saturated carbocycles. The van der Waals surface area contributed by atoms with Crippen molar-refractivity contribution in [1.29, 1.82) is 0 Å². The smallest absolute Gasteiger partial charge is 0.310 e. The summed E-state index contributed by atoms with van der Waals surface area (Å²) in [7, 11) is -9.96. The lowest BCUT2D eigenvalue weighted by atomic mass is 9.81. The number of nitrogens with one attached hydrogen (secondary N) is 3. The van der Waals surface area contributed by atoms with Crippen LogP contribution in [0.25, 0.3) is 0 Å². The van der Waals surface area contributed by atoms with Gasteiger partial charge in [0.25, 0.3) is 11.8 Å². The maximum atomic E-state index is 13.3. The van der Waals surface area contributed by atoms with Gasteiger partial charge in [-0.3, -0.25) is 9.59 Å². The van der Waals surface area contributed by atoms with Crippen molar-refractivity contribution in [2.45, 2.75) is 75.4 Å². The largest absolute Gasteiger partial charge is 0.347 e. The summed E-state index contributed by atoms with van der Waals surface area (Å²) in [5, 5.41) is 9.19. The molecule has 5 nitrogen and oxygen atoms in total. The molecule has 4 rings (SSSR count). The van der Waals surface area contributed by atoms with Gasteiger partial charge in [0, 0.05) is 27.1 Å². The zero-order valence-corrected chi connectivity index (χ0v) is 21.6. The zero-order valence-electron chi connectivity index (χ0n) is 20.0. The van der Waals surface area contributed by atoms with E-state index in [9.17, 15) is 29.0 Å². The number of carbonyl (C=O) groups is 2. The van der Waals surface area contributed by atoms with Gasteiger partial charge in [-0.2, -0.15) is 0 Å². The highest BCUT2D eigenvalue weighted by Gasteiger charge is 2.65. The van der Waals surface area contributed by atoms with Crippen LogP contribution in [-0.2, 0) is 12.0 Å². The molecule has 1 aromatic carbocycles. The van der Waals surface area contributed by atoms with Crippen molar-refractivity contribution >= 4 is 38.4 Å². The second-order valence-corrected chi connectivity index (χ2v) is 14.3. The molecule has 2 aliphatic rings. The van der Waals surface area contributed by atoms with E-state index in [0.29, 0.717) is 6.42 Å². The molecule has 1 aliphatic heterocycles. The molecule has 12 heteroatoms. The first-order chi connectivity index (χ1) is 15.6. The minimum Gasteiger partial charge on any atom is -0.347 e. The van der Waals surface area contributed by atoms with Crippen LogP contribution in [0, 0.1) is 0 Å². The molecule has 1 aliphatic carbocycles. The predicted molar refractivity (Wildman–Crippen MR) is 129 cm³/mol. The van der Waals surface area contributed by atoms with Crippen LogP contribution in [0.5, 0.6) is 0 Å². The van der Waals surface area contributed by atoms with Crippen molar-refractivity contribution in [3.05, 3.63) is 45.8 Å². The number of benzene rings is 1. The number of thiophene rings is 1. The van der Waals surface area contributed by atoms with Crippen molar-refractivity contribution in [1.82, 2.24) is 10.6 Å². The van der Waals surface area contributed by atoms with Crippen molar-refractivity contribution in [2.75, 3.05) is 5.32 Å². The number of hydrogen-bond acceptors (Lipinski definition) is 4. The van der Waals surface area contributed by atoms with Gasteiger partial charge in [0.1, 0.15) is 9.90 Å². The molecule has 0 saturated heterocycles. The monoisotopic (exact) mass is 537 g/mol. The normalized spacial score (nSPS) is 21.8. The molecule has 1 aromatic heterocycles. The Balaban J connectivity index is 1.76. The molecule has 0 bridgehead atoms. The lowest BCUT2D eigenvalue weighted by molar-refractivity contribution is 0.0934. The molecule has 0 unspecified atom stereocenters. The third-order valence-corrected chi connectivity index (χ3v) is 8.87. The second kappa shape index (κ2) is 6.98. The van der Waals surface area contributed by atoms with E-state index in [1.807, 2.05) is 34.6 Å². The minimum atomic E-state index is -9.96. The maximum absolute atomic E-state index is 13.3. The third-order valence-electron chi connectivity index (χ3n) is 6.26. The molecular formula is C23H28F5N3O2S2. The Morgan fingerprint density at radius 3 is 2.20 bits per heavy atom. The first kappa shape index (κ1) is 25.9. The van der Waals surface area contributed by atoms with E-state index >= 15 is 0 Å². The lowest BCUT2D eigenvalue weighted by Gasteiger charge is -2.42. The van der Waals surface area contributed by atoms with Crippen LogP contribution in [0.1, 0.15) is 78.6 Å². The third kappa shape index (κ3) is 5.34. The first-order valence-electron chi connectivity index (χ1n) is 11.0. The molecule has 35 heavy (non-hydrogen) atoms. The Hall–Kier alpha value is -2.18. The zero-order chi connectivity index (χ0) is 26.3. The van der Waals surface area contributed by atoms with E-state index in [0.717, 1.165) is 46.8 Å². The summed E-state index contributed by atoms with van der Waals surface area (Å²) < 4.78 is 66.4. The van der Waals surface area contributed by atoms with Gasteiger partial charge < -0.3 is 16.0 Å². The molecular weight excluding hydrogens is 509 g/mol. The summed E-state index contributed by atoms with van der Waals surface area (Å²) in [5.41, 5.74) is -0.834. The number of anilines is 1. The van der Waals surface area contributed by atoms with Gasteiger partial charge in [-0.15, -0.1) is 11.3 Å². The number of halogens is 5. The molecule has 2 heterocycles. The van der Waals surface area contributed by atoms with Crippen LogP contribution >= 0.6 is 21.6 Å². The van der Waals surface area contributed by atoms with Gasteiger partial charge in [-0.05, 0) is 77.6 Å². The van der Waals surface area contributed by atoms with Gasteiger partial charge in [0.15, 0.2) is 0 Å². The first-order valence-corrected chi connectivity index (χ1v) is 13.8. The summed E-state index contributed by atoms with van der Waals surface area (Å²) in [6.45, 7) is 9.77. The van der Waals surface area contributed by atoms with E-state index < -0.39 is 32.1 Å². The van der Waals surface area contributed by atoms with E-state index in [2.05, 4.69) is 16.0 Å². The lowest BCUT2D eigenvalue weighted by Crippen LogP contribution is -2.55. The van der Waals surface area contributed by atoms with Crippen LogP contribution < -0.4 is 16.0 Å². The topological polar surface area (TPSA) is 70.2 Å². The van der Waals surface area contributed by atoms with E-state index in [4.69, 9.17) is 0 Å². The van der Waals surface area contributed by atoms with Crippen LogP contribution in [0.3, 0.4) is 0 Å². The molecule has 0 spiro atoms. The molecule has 0 radical (unpaired) electrons. The molecule has 1 fully saturated rings. The van der Waals surface area contributed by atoms with Crippen LogP contribution in [0.15, 0.2) is 29.2 Å². The Kier molecular flexibility index (Phi) is 5.16. The summed E-state index contributed by atoms with van der Waals surface area (Å²) in [5.74, 6) is -1.39. The summed E-state index contributed by atoms with van der Waals surface area (Å²) in [6, 6.07) is 2.17. The number of carbonyl (C=O) groups excluding carboxylic acids is 2. The van der Waals surface area contributed by atoms with Crippen molar-refractivity contribution in [3.63, 3.8) is 0 Å². The highest BCUT2D eigenvalue weighted by molar-refractivity contribution is 8.45. The quantitative estimate of drug-likeness (QED) is 0.357. The molecule has 194 valence electrons. The fraction of sp³-hybridized carbons (Fsp3) is 0.478. The van der Waals surface area contributed by atoms with Crippen LogP contribution in [0.4, 0.5) is 24.4 Å². The molecule has 2 aromatic rings. The summed E-state index contributed by atoms with van der Waals surface area (Å²) >= 11 is 1.16. The Bertz CT molecular complexity index is 1250. The van der Waals surface area contributed by atoms with Gasteiger partial charge in [-0.25, -0.2) is 0 Å². The summed E-state index contributed by atoms with van der Waals surface area (Å²) in [4.78, 5) is 24.9. The fourth-order valence-electron chi connectivity index (χ4n) is 4.56. The van der Waals surface area contributed by atoms with Gasteiger partial charge in [0.05, 0.1) is 5.56 Å². The van der Waals surface area contributed by atoms with E-state index in [1.165, 1.54) is 0 Å². The standard InChI is InChI=1S/C23H28F5N3O2S2/c1-21(2)12-15-16(19(33)30-23(5)9-10-23)20(34-17(15)22(3,4)31-21)29-18(32)13-7-6-8-14(11-13)35(24,25,26,27)28/h6-8,11,31H,9-10,12H2,1-5H3,(H,29,32)(H,30,33). The van der Waals surface area contributed by atoms with Crippen molar-refractivity contribution < 1.29 is 29.0 Å². The van der Waals surface area contributed by atoms with Crippen LogP contribution in [0.2, 0.25) is 0 Å². The van der Waals surface area contributed by atoms with Crippen molar-refractivity contribution in [3.8, 4) is 0 Å². The number of rotatable bonds is 5. The molecule has 3 N–H and O–H groups in total. The highest BCUT2D eigenvalue weighted by atomic mass is 32.5. The maximum Gasteiger partial charge on any atom is 0.310 e. The van der Waals surface area contributed by atoms with Crippen LogP contribution in [-0.4, -0.2) is 22.9 Å². The number of amides is 2. The number of fused-ring (bicyclic) bond motifs is 1. The summed E-state index contributed by atoms with van der Waals surface area (Å²) in [6.07, 6.45) is 2.11. The Morgan fingerprint density at radius 1 is 1.00 bits per heavy atom. The minimum absolute atomic E-state index is 0.143. The average Bonchev–Trinajstić information content (AvgIpc) is 3.26. The highest BCUT2D eigenvalue weighted by Crippen LogP contribution is 3.02. The van der Waals surface area contributed by atoms with Gasteiger partial charge in [0.2, 0.25) is 0 Å². The van der Waals surface area contributed by atoms with Gasteiger partial charge >= 0.3 is 10.2 Å². The molecule has 0 atom stereocenters. The second-order valence-electron chi connectivity index (χ2n) is 10.9. The molecule has 2 amide bonds. The average molecular weight is 538 g/mol. The Morgan fingerprint density at radius 2 is 1.63 bits per heavy atom. The van der Waals surface area contributed by atoms with E-state index in [1.54, 1.807) is 0 Å². The number of hydrogen-bond donors (Lipinski definition) is 3. The van der Waals surface area contributed by atoms with Gasteiger partial charge in [-0.1, -0.05) is 25.5 Å². The predicted octanol–water partition coefficient (Wildman–Crippen LogP) is 7.10. The van der Waals surface area contributed by atoms with Crippen molar-refractivity contribution in [2.24, 2.45) is 0 Å². The Labute approximate surface area is 204 Å². The SMILES string of the molecule is CC1(C)Cc2c(sc(NC(=O)c3cccc(S(F)(F)(F)(F)F)c3)c2C(=O)NC2(C)CC2)C(C)(C)N1. The van der Waals surface area contributed by atoms with E-state index in [-0.39, 0.29) is 39.7 Å². The fourth-order valence-corrected chi connectivity index (χ4v) is 6.51.